The van der Waals surface area contributed by atoms with Gasteiger partial charge in [-0.25, -0.2) is 4.79 Å². The smallest absolute Gasteiger partial charge is 0.328 e. The van der Waals surface area contributed by atoms with Crippen molar-refractivity contribution in [3.63, 3.8) is 0 Å². The molecule has 3 heteroatoms. The van der Waals surface area contributed by atoms with Gasteiger partial charge >= 0.3 is 5.97 Å². The van der Waals surface area contributed by atoms with E-state index in [0.717, 1.165) is 6.08 Å². The van der Waals surface area contributed by atoms with Gasteiger partial charge in [-0.2, -0.15) is 0 Å². The van der Waals surface area contributed by atoms with Crippen molar-refractivity contribution in [2.75, 3.05) is 0 Å². The van der Waals surface area contributed by atoms with Crippen LogP contribution in [0.5, 0.6) is 0 Å². The molecule has 0 spiro atoms. The summed E-state index contributed by atoms with van der Waals surface area (Å²) in [6.07, 6.45) is 2.85. The Balaban J connectivity index is 4.41. The van der Waals surface area contributed by atoms with Crippen molar-refractivity contribution < 1.29 is 14.7 Å². The van der Waals surface area contributed by atoms with Gasteiger partial charge in [-0.05, 0) is 13.8 Å². The maximum Gasteiger partial charge on any atom is 0.328 e. The predicted octanol–water partition coefficient (Wildman–Crippen LogP) is 1.63. The molecule has 1 N–H and O–H groups in total. The third kappa shape index (κ3) is 3.32. The van der Waals surface area contributed by atoms with E-state index in [4.69, 9.17) is 5.11 Å². The van der Waals surface area contributed by atoms with Crippen molar-refractivity contribution in [1.29, 1.82) is 0 Å². The topological polar surface area (TPSA) is 54.4 Å². The number of ketones is 1. The van der Waals surface area contributed by atoms with Gasteiger partial charge in [0.1, 0.15) is 5.78 Å². The summed E-state index contributed by atoms with van der Waals surface area (Å²) in [7, 11) is 0. The van der Waals surface area contributed by atoms with Crippen molar-refractivity contribution in [3.8, 4) is 0 Å². The highest BCUT2D eigenvalue weighted by Gasteiger charge is 2.22. The Morgan fingerprint density at radius 2 is 1.92 bits per heavy atom. The summed E-state index contributed by atoms with van der Waals surface area (Å²) in [4.78, 5) is 21.4. The Morgan fingerprint density at radius 3 is 2.25 bits per heavy atom. The Labute approximate surface area is 72.1 Å². The second kappa shape index (κ2) is 4.04. The molecule has 0 bridgehead atoms. The zero-order valence-electron chi connectivity index (χ0n) is 7.63. The van der Waals surface area contributed by atoms with Crippen LogP contribution < -0.4 is 0 Å². The van der Waals surface area contributed by atoms with E-state index in [9.17, 15) is 9.59 Å². The van der Waals surface area contributed by atoms with E-state index < -0.39 is 11.4 Å². The average Bonchev–Trinajstić information content (AvgIpc) is 1.99. The molecule has 0 saturated heterocycles. The first-order valence-corrected chi connectivity index (χ1v) is 3.85. The van der Waals surface area contributed by atoms with E-state index in [-0.39, 0.29) is 5.78 Å². The van der Waals surface area contributed by atoms with Crippen LogP contribution in [0.4, 0.5) is 0 Å². The predicted molar refractivity (Wildman–Crippen MR) is 45.9 cm³/mol. The summed E-state index contributed by atoms with van der Waals surface area (Å²) in [6, 6.07) is 0. The van der Waals surface area contributed by atoms with Gasteiger partial charge in [0.05, 0.1) is 0 Å². The van der Waals surface area contributed by atoms with E-state index >= 15 is 0 Å². The van der Waals surface area contributed by atoms with Gasteiger partial charge in [0.25, 0.3) is 0 Å². The summed E-state index contributed by atoms with van der Waals surface area (Å²) in [5.74, 6) is -0.980. The van der Waals surface area contributed by atoms with Crippen molar-refractivity contribution in [2.24, 2.45) is 5.41 Å². The number of carboxylic acid groups (broad SMARTS) is 1. The molecule has 0 heterocycles. The first kappa shape index (κ1) is 10.9. The molecule has 0 aliphatic rings. The highest BCUT2D eigenvalue weighted by atomic mass is 16.4. The Kier molecular flexibility index (Phi) is 3.67. The molecule has 3 nitrogen and oxygen atoms in total. The first-order chi connectivity index (χ1) is 5.40. The van der Waals surface area contributed by atoms with Crippen LogP contribution in [-0.4, -0.2) is 16.9 Å². The molecule has 0 aromatic rings. The second-order valence-electron chi connectivity index (χ2n) is 3.17. The number of hydrogen-bond donors (Lipinski definition) is 1. The lowest BCUT2D eigenvalue weighted by Gasteiger charge is -2.16. The Hall–Kier alpha value is -1.12. The molecule has 0 rings (SSSR count). The van der Waals surface area contributed by atoms with Crippen LogP contribution in [-0.2, 0) is 9.59 Å². The number of allylic oxidation sites excluding steroid dienone is 1. The number of carbonyl (C=O) groups excluding carboxylic acids is 1. The molecule has 0 fully saturated rings. The van der Waals surface area contributed by atoms with E-state index in [2.05, 4.69) is 0 Å². The van der Waals surface area contributed by atoms with Gasteiger partial charge in [0, 0.05) is 17.9 Å². The molecule has 0 aliphatic carbocycles. The molecule has 0 saturated carbocycles. The molecule has 0 aliphatic heterocycles. The largest absolute Gasteiger partial charge is 0.478 e. The average molecular weight is 170 g/mol. The number of rotatable bonds is 4. The number of carboxylic acids is 1. The van der Waals surface area contributed by atoms with E-state index in [1.807, 2.05) is 0 Å². The summed E-state index contributed by atoms with van der Waals surface area (Å²) in [6.45, 7) is 5.18. The van der Waals surface area contributed by atoms with Gasteiger partial charge in [0.15, 0.2) is 0 Å². The third-order valence-electron chi connectivity index (χ3n) is 1.68. The number of carbonyl (C=O) groups is 2. The Morgan fingerprint density at radius 1 is 1.42 bits per heavy atom. The van der Waals surface area contributed by atoms with Gasteiger partial charge < -0.3 is 5.11 Å². The van der Waals surface area contributed by atoms with Crippen LogP contribution in [0.3, 0.4) is 0 Å². The van der Waals surface area contributed by atoms with Crippen molar-refractivity contribution in [2.45, 2.75) is 27.2 Å². The molecule has 0 atom stereocenters. The second-order valence-corrected chi connectivity index (χ2v) is 3.17. The van der Waals surface area contributed by atoms with Crippen molar-refractivity contribution in [3.05, 3.63) is 12.2 Å². The van der Waals surface area contributed by atoms with E-state index in [1.165, 1.54) is 6.08 Å². The molecule has 0 unspecified atom stereocenters. The lowest BCUT2D eigenvalue weighted by atomic mass is 9.86. The van der Waals surface area contributed by atoms with Gasteiger partial charge in [-0.15, -0.1) is 0 Å². The first-order valence-electron chi connectivity index (χ1n) is 3.85. The molecule has 0 amide bonds. The quantitative estimate of drug-likeness (QED) is 0.652. The van der Waals surface area contributed by atoms with Gasteiger partial charge in [-0.3, -0.25) is 4.79 Å². The summed E-state index contributed by atoms with van der Waals surface area (Å²) in [5.41, 5.74) is -0.660. The maximum absolute atomic E-state index is 11.2. The zero-order valence-corrected chi connectivity index (χ0v) is 7.63. The minimum atomic E-state index is -1.02. The summed E-state index contributed by atoms with van der Waals surface area (Å²) >= 11 is 0. The van der Waals surface area contributed by atoms with Crippen LogP contribution in [0.2, 0.25) is 0 Å². The highest BCUT2D eigenvalue weighted by Crippen LogP contribution is 2.19. The SMILES string of the molecule is CCC(=O)C(C)(C)C=CC(=O)O. The molecular formula is C9H14O3. The van der Waals surface area contributed by atoms with Crippen molar-refractivity contribution in [1.82, 2.24) is 0 Å². The van der Waals surface area contributed by atoms with Crippen LogP contribution in [0.25, 0.3) is 0 Å². The fraction of sp³-hybridized carbons (Fsp3) is 0.556. The molecule has 0 radical (unpaired) electrons. The van der Waals surface area contributed by atoms with Gasteiger partial charge in [-0.1, -0.05) is 13.0 Å². The molecule has 12 heavy (non-hydrogen) atoms. The minimum absolute atomic E-state index is 0.0417. The number of Topliss-reactive ketones (excluding diaryl/α,β-unsaturated/α-hetero) is 1. The molecule has 0 aromatic heterocycles. The Bertz CT molecular complexity index is 214. The van der Waals surface area contributed by atoms with Crippen LogP contribution in [0, 0.1) is 5.41 Å². The molecular weight excluding hydrogens is 156 g/mol. The minimum Gasteiger partial charge on any atom is -0.478 e. The number of aliphatic carboxylic acids is 1. The monoisotopic (exact) mass is 170 g/mol. The normalized spacial score (nSPS) is 11.9. The molecule has 0 aromatic carbocycles. The summed E-state index contributed by atoms with van der Waals surface area (Å²) in [5, 5.41) is 8.33. The standard InChI is InChI=1S/C9H14O3/c1-4-7(10)9(2,3)6-5-8(11)12/h5-6H,4H2,1-3H3,(H,11,12). The van der Waals surface area contributed by atoms with E-state index in [0.29, 0.717) is 6.42 Å². The fourth-order valence-corrected chi connectivity index (χ4v) is 0.828. The highest BCUT2D eigenvalue weighted by molar-refractivity contribution is 5.88. The van der Waals surface area contributed by atoms with Gasteiger partial charge in [0.2, 0.25) is 0 Å². The van der Waals surface area contributed by atoms with Crippen LogP contribution in [0.1, 0.15) is 27.2 Å². The van der Waals surface area contributed by atoms with Crippen LogP contribution >= 0.6 is 0 Å². The lowest BCUT2D eigenvalue weighted by Crippen LogP contribution is -2.20. The zero-order chi connectivity index (χ0) is 9.78. The maximum atomic E-state index is 11.2. The number of hydrogen-bond acceptors (Lipinski definition) is 2. The molecule has 68 valence electrons. The fourth-order valence-electron chi connectivity index (χ4n) is 0.828. The van der Waals surface area contributed by atoms with Crippen molar-refractivity contribution >= 4 is 11.8 Å². The van der Waals surface area contributed by atoms with E-state index in [1.54, 1.807) is 20.8 Å². The van der Waals surface area contributed by atoms with Crippen LogP contribution in [0.15, 0.2) is 12.2 Å². The summed E-state index contributed by atoms with van der Waals surface area (Å²) < 4.78 is 0. The lowest BCUT2D eigenvalue weighted by molar-refractivity contribution is -0.131. The third-order valence-corrected chi connectivity index (χ3v) is 1.68.